The van der Waals surface area contributed by atoms with Crippen molar-refractivity contribution < 1.29 is 9.53 Å². The molecule has 0 radical (unpaired) electrons. The second-order valence-electron chi connectivity index (χ2n) is 9.07. The van der Waals surface area contributed by atoms with E-state index in [9.17, 15) is 9.59 Å². The summed E-state index contributed by atoms with van der Waals surface area (Å²) < 4.78 is 7.18. The highest BCUT2D eigenvalue weighted by Gasteiger charge is 2.33. The number of ether oxygens (including phenoxy) is 1. The van der Waals surface area contributed by atoms with E-state index in [0.717, 1.165) is 25.1 Å². The van der Waals surface area contributed by atoms with Gasteiger partial charge in [-0.1, -0.05) is 43.9 Å². The standard InChI is InChI=1S/C24H30N4O3S2/c1-15-11-16(2)14-26(13-15)21-18(22(29)27-8-5-7-17(3)20(27)25-21)12-19-23(30)28(24(32)33-19)9-6-10-31-4/h5,7-8,12,15-16H,6,9-11,13-14H2,1-4H3/b19-12+/t15-,16+. The zero-order valence-corrected chi connectivity index (χ0v) is 21.2. The van der Waals surface area contributed by atoms with Gasteiger partial charge in [-0.15, -0.1) is 0 Å². The molecule has 2 aromatic heterocycles. The lowest BCUT2D eigenvalue weighted by atomic mass is 9.91. The SMILES string of the molecule is COCCCN1C(=O)/C(=C\c2c(N3C[C@H](C)C[C@H](C)C3)nc3c(C)cccn3c2=O)SC1=S. The van der Waals surface area contributed by atoms with Gasteiger partial charge in [-0.2, -0.15) is 0 Å². The number of methoxy groups -OCH3 is 1. The van der Waals surface area contributed by atoms with Gasteiger partial charge in [0.15, 0.2) is 0 Å². The zero-order valence-electron chi connectivity index (χ0n) is 19.5. The lowest BCUT2D eigenvalue weighted by molar-refractivity contribution is -0.122. The molecule has 0 spiro atoms. The molecule has 0 saturated carbocycles. The van der Waals surface area contributed by atoms with Crippen LogP contribution in [0.2, 0.25) is 0 Å². The molecule has 7 nitrogen and oxygen atoms in total. The molecule has 4 heterocycles. The van der Waals surface area contributed by atoms with Crippen LogP contribution in [0.4, 0.5) is 5.82 Å². The third-order valence-electron chi connectivity index (χ3n) is 6.11. The Morgan fingerprint density at radius 1 is 1.27 bits per heavy atom. The van der Waals surface area contributed by atoms with Crippen LogP contribution in [-0.4, -0.2) is 57.9 Å². The van der Waals surface area contributed by atoms with Crippen molar-refractivity contribution in [3.8, 4) is 0 Å². The molecule has 2 aromatic rings. The first-order chi connectivity index (χ1) is 15.8. The Kier molecular flexibility index (Phi) is 7.21. The molecule has 0 N–H and O–H groups in total. The summed E-state index contributed by atoms with van der Waals surface area (Å²) >= 11 is 6.70. The maximum Gasteiger partial charge on any atom is 0.267 e. The van der Waals surface area contributed by atoms with Gasteiger partial charge in [-0.05, 0) is 49.3 Å². The highest BCUT2D eigenvalue weighted by atomic mass is 32.2. The number of pyridine rings is 1. The minimum Gasteiger partial charge on any atom is -0.385 e. The van der Waals surface area contributed by atoms with Crippen LogP contribution in [0.25, 0.3) is 11.7 Å². The van der Waals surface area contributed by atoms with Crippen LogP contribution in [0.5, 0.6) is 0 Å². The third-order valence-corrected chi connectivity index (χ3v) is 7.49. The second-order valence-corrected chi connectivity index (χ2v) is 10.7. The molecule has 1 amide bonds. The summed E-state index contributed by atoms with van der Waals surface area (Å²) in [5.41, 5.74) is 1.85. The van der Waals surface area contributed by atoms with Gasteiger partial charge >= 0.3 is 0 Å². The largest absolute Gasteiger partial charge is 0.385 e. The van der Waals surface area contributed by atoms with Crippen molar-refractivity contribution in [2.24, 2.45) is 11.8 Å². The summed E-state index contributed by atoms with van der Waals surface area (Å²) in [6.07, 6.45) is 5.28. The summed E-state index contributed by atoms with van der Waals surface area (Å²) in [5.74, 6) is 1.48. The van der Waals surface area contributed by atoms with Gasteiger partial charge in [0.05, 0.1) is 10.5 Å². The van der Waals surface area contributed by atoms with Crippen LogP contribution >= 0.6 is 24.0 Å². The summed E-state index contributed by atoms with van der Waals surface area (Å²) in [6, 6.07) is 3.80. The normalized spacial score (nSPS) is 22.7. The van der Waals surface area contributed by atoms with Crippen LogP contribution in [0.3, 0.4) is 0 Å². The first kappa shape index (κ1) is 23.9. The van der Waals surface area contributed by atoms with Gasteiger partial charge < -0.3 is 9.64 Å². The number of anilines is 1. The number of amides is 1. The molecule has 2 fully saturated rings. The average molecular weight is 487 g/mol. The Balaban J connectivity index is 1.81. The molecule has 2 aliphatic rings. The molecule has 2 aliphatic heterocycles. The van der Waals surface area contributed by atoms with Crippen molar-refractivity contribution in [2.75, 3.05) is 38.3 Å². The fourth-order valence-corrected chi connectivity index (χ4v) is 5.98. The molecule has 0 aliphatic carbocycles. The lowest BCUT2D eigenvalue weighted by Gasteiger charge is -2.36. The molecule has 0 aromatic carbocycles. The van der Waals surface area contributed by atoms with Gasteiger partial charge in [0, 0.05) is 39.5 Å². The van der Waals surface area contributed by atoms with E-state index in [1.54, 1.807) is 28.7 Å². The number of thiocarbonyl (C=S) groups is 1. The second kappa shape index (κ2) is 9.95. The summed E-state index contributed by atoms with van der Waals surface area (Å²) in [5, 5.41) is 0. The van der Waals surface area contributed by atoms with Crippen LogP contribution < -0.4 is 10.5 Å². The first-order valence-corrected chi connectivity index (χ1v) is 12.5. The van der Waals surface area contributed by atoms with Crippen molar-refractivity contribution in [1.29, 1.82) is 0 Å². The van der Waals surface area contributed by atoms with Crippen molar-refractivity contribution in [2.45, 2.75) is 33.6 Å². The van der Waals surface area contributed by atoms with Gasteiger partial charge in [0.2, 0.25) is 0 Å². The predicted molar refractivity (Wildman–Crippen MR) is 138 cm³/mol. The molecule has 2 saturated heterocycles. The Morgan fingerprint density at radius 2 is 2.00 bits per heavy atom. The number of rotatable bonds is 6. The monoisotopic (exact) mass is 486 g/mol. The first-order valence-electron chi connectivity index (χ1n) is 11.3. The summed E-state index contributed by atoms with van der Waals surface area (Å²) in [6.45, 7) is 9.13. The Hall–Kier alpha value is -2.23. The van der Waals surface area contributed by atoms with Crippen molar-refractivity contribution in [3.05, 3.63) is 44.7 Å². The number of hydrogen-bond donors (Lipinski definition) is 0. The number of aryl methyl sites for hydroxylation is 1. The van der Waals surface area contributed by atoms with E-state index in [1.165, 1.54) is 11.8 Å². The highest BCUT2D eigenvalue weighted by molar-refractivity contribution is 8.26. The minimum absolute atomic E-state index is 0.166. The molecule has 176 valence electrons. The number of nitrogens with zero attached hydrogens (tertiary/aromatic N) is 4. The number of carbonyl (C=O) groups is 1. The Bertz CT molecular complexity index is 1170. The Morgan fingerprint density at radius 3 is 2.70 bits per heavy atom. The van der Waals surface area contributed by atoms with Crippen LogP contribution in [0, 0.1) is 18.8 Å². The zero-order chi connectivity index (χ0) is 23.7. The molecule has 0 bridgehead atoms. The van der Waals surface area contributed by atoms with Crippen LogP contribution in [-0.2, 0) is 9.53 Å². The quantitative estimate of drug-likeness (QED) is 0.350. The van der Waals surface area contributed by atoms with Crippen molar-refractivity contribution in [1.82, 2.24) is 14.3 Å². The smallest absolute Gasteiger partial charge is 0.267 e. The molecule has 4 rings (SSSR count). The van der Waals surface area contributed by atoms with E-state index in [2.05, 4.69) is 18.7 Å². The fraction of sp³-hybridized carbons (Fsp3) is 0.500. The topological polar surface area (TPSA) is 67.2 Å². The lowest BCUT2D eigenvalue weighted by Crippen LogP contribution is -2.40. The molecular formula is C24H30N4O3S2. The molecular weight excluding hydrogens is 456 g/mol. The van der Waals surface area contributed by atoms with E-state index in [0.29, 0.717) is 57.7 Å². The maximum absolute atomic E-state index is 13.6. The number of thioether (sulfide) groups is 1. The predicted octanol–water partition coefficient (Wildman–Crippen LogP) is 3.72. The molecule has 9 heteroatoms. The van der Waals surface area contributed by atoms with Crippen molar-refractivity contribution >= 4 is 51.7 Å². The minimum atomic E-state index is -0.172. The number of hydrogen-bond acceptors (Lipinski definition) is 7. The van der Waals surface area contributed by atoms with Gasteiger partial charge in [-0.3, -0.25) is 18.9 Å². The van der Waals surface area contributed by atoms with Crippen molar-refractivity contribution in [3.63, 3.8) is 0 Å². The van der Waals surface area contributed by atoms with E-state index in [-0.39, 0.29) is 11.5 Å². The summed E-state index contributed by atoms with van der Waals surface area (Å²) in [7, 11) is 1.63. The number of carbonyl (C=O) groups excluding carboxylic acids is 1. The van der Waals surface area contributed by atoms with E-state index in [4.69, 9.17) is 21.9 Å². The van der Waals surface area contributed by atoms with Gasteiger partial charge in [0.1, 0.15) is 15.8 Å². The maximum atomic E-state index is 13.6. The van der Waals surface area contributed by atoms with Crippen LogP contribution in [0.15, 0.2) is 28.0 Å². The number of piperidine rings is 1. The molecule has 2 atom stereocenters. The van der Waals surface area contributed by atoms with E-state index in [1.807, 2.05) is 19.1 Å². The summed E-state index contributed by atoms with van der Waals surface area (Å²) in [4.78, 5) is 36.0. The Labute approximate surface area is 203 Å². The highest BCUT2D eigenvalue weighted by Crippen LogP contribution is 2.34. The molecule has 0 unspecified atom stereocenters. The number of fused-ring (bicyclic) bond motifs is 1. The van der Waals surface area contributed by atoms with E-state index >= 15 is 0 Å². The average Bonchev–Trinajstić information content (AvgIpc) is 3.03. The third kappa shape index (κ3) is 4.85. The number of aromatic nitrogens is 2. The fourth-order valence-electron chi connectivity index (χ4n) is 4.69. The van der Waals surface area contributed by atoms with Gasteiger partial charge in [0.25, 0.3) is 11.5 Å². The van der Waals surface area contributed by atoms with Gasteiger partial charge in [-0.25, -0.2) is 4.98 Å². The van der Waals surface area contributed by atoms with Crippen LogP contribution in [0.1, 0.15) is 37.8 Å². The van der Waals surface area contributed by atoms with E-state index < -0.39 is 0 Å². The molecule has 33 heavy (non-hydrogen) atoms.